The average Bonchev–Trinajstić information content (AvgIpc) is 2.33. The van der Waals surface area contributed by atoms with E-state index in [9.17, 15) is 4.79 Å². The van der Waals surface area contributed by atoms with Crippen molar-refractivity contribution >= 4 is 11.7 Å². The van der Waals surface area contributed by atoms with Crippen molar-refractivity contribution in [3.05, 3.63) is 23.9 Å². The van der Waals surface area contributed by atoms with Gasteiger partial charge in [-0.15, -0.1) is 0 Å². The number of rotatable bonds is 2. The third kappa shape index (κ3) is 3.17. The Hall–Kier alpha value is -1.62. The summed E-state index contributed by atoms with van der Waals surface area (Å²) in [5, 5.41) is 3.03. The summed E-state index contributed by atoms with van der Waals surface area (Å²) in [6.45, 7) is 2.07. The molecule has 92 valence electrons. The van der Waals surface area contributed by atoms with E-state index in [0.717, 1.165) is 25.9 Å². The summed E-state index contributed by atoms with van der Waals surface area (Å²) < 4.78 is 0. The van der Waals surface area contributed by atoms with E-state index in [-0.39, 0.29) is 11.9 Å². The van der Waals surface area contributed by atoms with Crippen molar-refractivity contribution in [2.75, 3.05) is 25.9 Å². The molecule has 5 heteroatoms. The fourth-order valence-electron chi connectivity index (χ4n) is 1.96. The van der Waals surface area contributed by atoms with Crippen molar-refractivity contribution in [3.63, 3.8) is 0 Å². The molecular formula is C12H18N4O. The van der Waals surface area contributed by atoms with Crippen LogP contribution in [0.15, 0.2) is 18.3 Å². The molecule has 1 saturated heterocycles. The van der Waals surface area contributed by atoms with E-state index in [4.69, 9.17) is 5.73 Å². The van der Waals surface area contributed by atoms with Crippen LogP contribution in [0.3, 0.4) is 0 Å². The maximum atomic E-state index is 11.9. The number of nitrogens with two attached hydrogens (primary N) is 1. The maximum absolute atomic E-state index is 11.9. The molecule has 0 atom stereocenters. The van der Waals surface area contributed by atoms with Crippen LogP contribution in [0.5, 0.6) is 0 Å². The van der Waals surface area contributed by atoms with Crippen LogP contribution in [0.4, 0.5) is 5.82 Å². The smallest absolute Gasteiger partial charge is 0.253 e. The van der Waals surface area contributed by atoms with Gasteiger partial charge in [0.25, 0.3) is 5.91 Å². The largest absolute Gasteiger partial charge is 0.384 e. The Balaban J connectivity index is 1.91. The lowest BCUT2D eigenvalue weighted by Gasteiger charge is -2.29. The van der Waals surface area contributed by atoms with Crippen LogP contribution in [0.1, 0.15) is 23.2 Å². The minimum atomic E-state index is -0.0629. The minimum Gasteiger partial charge on any atom is -0.384 e. The molecule has 1 amide bonds. The lowest BCUT2D eigenvalue weighted by Crippen LogP contribution is -2.43. The molecule has 0 aliphatic carbocycles. The number of nitrogens with one attached hydrogen (secondary N) is 1. The van der Waals surface area contributed by atoms with Gasteiger partial charge in [-0.1, -0.05) is 0 Å². The Bertz CT molecular complexity index is 382. The summed E-state index contributed by atoms with van der Waals surface area (Å²) in [6, 6.07) is 3.62. The predicted octanol–water partition coefficient (Wildman–Crippen LogP) is 0.488. The van der Waals surface area contributed by atoms with Crippen LogP contribution in [-0.4, -0.2) is 42.0 Å². The fraction of sp³-hybridized carbons (Fsp3) is 0.500. The molecular weight excluding hydrogens is 216 g/mol. The van der Waals surface area contributed by atoms with Gasteiger partial charge in [0.15, 0.2) is 0 Å². The predicted molar refractivity (Wildman–Crippen MR) is 66.6 cm³/mol. The van der Waals surface area contributed by atoms with Gasteiger partial charge in [-0.05, 0) is 45.1 Å². The summed E-state index contributed by atoms with van der Waals surface area (Å²) in [7, 11) is 2.10. The third-order valence-corrected chi connectivity index (χ3v) is 3.10. The van der Waals surface area contributed by atoms with Gasteiger partial charge in [0, 0.05) is 12.2 Å². The summed E-state index contributed by atoms with van der Waals surface area (Å²) in [6.07, 6.45) is 3.52. The first-order valence-corrected chi connectivity index (χ1v) is 5.86. The molecule has 0 saturated carbocycles. The number of carbonyl (C=O) groups is 1. The Morgan fingerprint density at radius 3 is 2.76 bits per heavy atom. The first-order chi connectivity index (χ1) is 8.15. The third-order valence-electron chi connectivity index (χ3n) is 3.10. The van der Waals surface area contributed by atoms with Crippen molar-refractivity contribution in [2.45, 2.75) is 18.9 Å². The highest BCUT2D eigenvalue weighted by atomic mass is 16.1. The Labute approximate surface area is 101 Å². The van der Waals surface area contributed by atoms with Gasteiger partial charge in [0.1, 0.15) is 5.82 Å². The van der Waals surface area contributed by atoms with E-state index in [1.807, 2.05) is 0 Å². The number of piperidine rings is 1. The van der Waals surface area contributed by atoms with Crippen molar-refractivity contribution in [1.29, 1.82) is 0 Å². The first kappa shape index (κ1) is 11.9. The number of hydrogen-bond donors (Lipinski definition) is 2. The highest BCUT2D eigenvalue weighted by molar-refractivity contribution is 5.94. The molecule has 2 heterocycles. The van der Waals surface area contributed by atoms with Crippen LogP contribution >= 0.6 is 0 Å². The van der Waals surface area contributed by atoms with E-state index in [0.29, 0.717) is 11.4 Å². The van der Waals surface area contributed by atoms with Crippen LogP contribution in [-0.2, 0) is 0 Å². The van der Waals surface area contributed by atoms with Crippen molar-refractivity contribution in [1.82, 2.24) is 15.2 Å². The average molecular weight is 234 g/mol. The zero-order valence-electron chi connectivity index (χ0n) is 10.0. The van der Waals surface area contributed by atoms with Gasteiger partial charge in [0.05, 0.1) is 5.56 Å². The van der Waals surface area contributed by atoms with E-state index >= 15 is 0 Å². The Kier molecular flexibility index (Phi) is 3.58. The second-order valence-corrected chi connectivity index (χ2v) is 4.52. The summed E-state index contributed by atoms with van der Waals surface area (Å²) in [5.41, 5.74) is 6.05. The monoisotopic (exact) mass is 234 g/mol. The molecule has 1 aliphatic rings. The van der Waals surface area contributed by atoms with Gasteiger partial charge in [-0.25, -0.2) is 4.98 Å². The lowest BCUT2D eigenvalue weighted by molar-refractivity contribution is 0.0916. The second kappa shape index (κ2) is 5.14. The van der Waals surface area contributed by atoms with Crippen LogP contribution < -0.4 is 11.1 Å². The van der Waals surface area contributed by atoms with Crippen LogP contribution in [0, 0.1) is 0 Å². The standard InChI is InChI=1S/C12H18N4O/c1-16-6-4-10(5-7-16)15-12(17)9-2-3-11(13)14-8-9/h2-3,8,10H,4-7H2,1H3,(H2,13,14)(H,15,17). The zero-order valence-corrected chi connectivity index (χ0v) is 10.0. The van der Waals surface area contributed by atoms with Crippen molar-refractivity contribution < 1.29 is 4.79 Å². The van der Waals surface area contributed by atoms with Gasteiger partial charge in [-0.2, -0.15) is 0 Å². The van der Waals surface area contributed by atoms with Crippen molar-refractivity contribution in [2.24, 2.45) is 0 Å². The molecule has 0 radical (unpaired) electrons. The number of aromatic nitrogens is 1. The molecule has 0 bridgehead atoms. The number of nitrogens with zero attached hydrogens (tertiary/aromatic N) is 2. The molecule has 1 aromatic heterocycles. The zero-order chi connectivity index (χ0) is 12.3. The molecule has 2 rings (SSSR count). The minimum absolute atomic E-state index is 0.0629. The molecule has 1 aliphatic heterocycles. The first-order valence-electron chi connectivity index (χ1n) is 5.86. The van der Waals surface area contributed by atoms with Gasteiger partial charge >= 0.3 is 0 Å². The van der Waals surface area contributed by atoms with E-state index < -0.39 is 0 Å². The molecule has 0 unspecified atom stereocenters. The number of anilines is 1. The van der Waals surface area contributed by atoms with E-state index in [1.54, 1.807) is 12.1 Å². The molecule has 1 aromatic rings. The summed E-state index contributed by atoms with van der Waals surface area (Å²) in [4.78, 5) is 18.1. The second-order valence-electron chi connectivity index (χ2n) is 4.52. The Morgan fingerprint density at radius 2 is 2.18 bits per heavy atom. The molecule has 3 N–H and O–H groups in total. The highest BCUT2D eigenvalue weighted by Crippen LogP contribution is 2.09. The summed E-state index contributed by atoms with van der Waals surface area (Å²) in [5.74, 6) is 0.368. The lowest BCUT2D eigenvalue weighted by atomic mass is 10.1. The molecule has 5 nitrogen and oxygen atoms in total. The number of nitrogen functional groups attached to an aromatic ring is 1. The van der Waals surface area contributed by atoms with E-state index in [1.165, 1.54) is 6.20 Å². The fourth-order valence-corrected chi connectivity index (χ4v) is 1.96. The summed E-state index contributed by atoms with van der Waals surface area (Å²) >= 11 is 0. The molecule has 17 heavy (non-hydrogen) atoms. The van der Waals surface area contributed by atoms with Gasteiger partial charge < -0.3 is 16.0 Å². The number of carbonyl (C=O) groups excluding carboxylic acids is 1. The normalized spacial score (nSPS) is 17.9. The number of pyridine rings is 1. The van der Waals surface area contributed by atoms with Gasteiger partial charge in [0.2, 0.25) is 0 Å². The molecule has 0 aromatic carbocycles. The van der Waals surface area contributed by atoms with Crippen molar-refractivity contribution in [3.8, 4) is 0 Å². The number of hydrogen-bond acceptors (Lipinski definition) is 4. The molecule has 0 spiro atoms. The van der Waals surface area contributed by atoms with Crippen LogP contribution in [0.2, 0.25) is 0 Å². The van der Waals surface area contributed by atoms with E-state index in [2.05, 4.69) is 22.2 Å². The van der Waals surface area contributed by atoms with Crippen LogP contribution in [0.25, 0.3) is 0 Å². The van der Waals surface area contributed by atoms with Gasteiger partial charge in [-0.3, -0.25) is 4.79 Å². The SMILES string of the molecule is CN1CCC(NC(=O)c2ccc(N)nc2)CC1. The number of amides is 1. The molecule has 1 fully saturated rings. The topological polar surface area (TPSA) is 71.2 Å². The highest BCUT2D eigenvalue weighted by Gasteiger charge is 2.18. The Morgan fingerprint density at radius 1 is 1.47 bits per heavy atom. The number of likely N-dealkylation sites (tertiary alicyclic amines) is 1. The maximum Gasteiger partial charge on any atom is 0.253 e. The quantitative estimate of drug-likeness (QED) is 0.781.